The molecule has 1 aliphatic heterocycles. The summed E-state index contributed by atoms with van der Waals surface area (Å²) in [6, 6.07) is 8.37. The number of nitrogens with one attached hydrogen (secondary N) is 1. The van der Waals surface area contributed by atoms with Gasteiger partial charge in [-0.15, -0.1) is 0 Å². The maximum absolute atomic E-state index is 9.34. The Balaban J connectivity index is 2.08. The molecular formula is C16H23N3O. The van der Waals surface area contributed by atoms with E-state index in [1.165, 1.54) is 12.8 Å². The van der Waals surface area contributed by atoms with Crippen LogP contribution in [-0.4, -0.2) is 33.4 Å². The molecule has 1 fully saturated rings. The fourth-order valence-corrected chi connectivity index (χ4v) is 2.67. The summed E-state index contributed by atoms with van der Waals surface area (Å²) in [6.45, 7) is 2.50. The number of benzene rings is 1. The van der Waals surface area contributed by atoms with Crippen LogP contribution in [-0.2, 0) is 11.3 Å². The van der Waals surface area contributed by atoms with Crippen molar-refractivity contribution in [2.24, 2.45) is 0 Å². The quantitative estimate of drug-likeness (QED) is 0.894. The number of likely N-dealkylation sites (N-methyl/N-ethyl adjacent to an activating group) is 1. The summed E-state index contributed by atoms with van der Waals surface area (Å²) in [6.07, 6.45) is 3.81. The normalized spacial score (nSPS) is 18.6. The van der Waals surface area contributed by atoms with Crippen LogP contribution in [0.4, 0.5) is 5.69 Å². The molecule has 0 aliphatic carbocycles. The first-order chi connectivity index (χ1) is 9.74. The highest BCUT2D eigenvalue weighted by Gasteiger charge is 2.17. The second kappa shape index (κ2) is 7.28. The third kappa shape index (κ3) is 3.72. The van der Waals surface area contributed by atoms with Crippen LogP contribution in [0.25, 0.3) is 0 Å². The zero-order valence-corrected chi connectivity index (χ0v) is 12.4. The summed E-state index contributed by atoms with van der Waals surface area (Å²) in [5.41, 5.74) is 2.85. The molecular weight excluding hydrogens is 250 g/mol. The molecule has 1 atom stereocenters. The minimum Gasteiger partial charge on any atom is -0.376 e. The fraction of sp³-hybridized carbons (Fsp3) is 0.562. The van der Waals surface area contributed by atoms with E-state index in [0.29, 0.717) is 0 Å². The highest BCUT2D eigenvalue weighted by atomic mass is 16.5. The van der Waals surface area contributed by atoms with Crippen LogP contribution in [0.1, 0.15) is 30.4 Å². The second-order valence-corrected chi connectivity index (χ2v) is 5.36. The van der Waals surface area contributed by atoms with E-state index in [0.717, 1.165) is 42.9 Å². The summed E-state index contributed by atoms with van der Waals surface area (Å²) in [5, 5.41) is 12.4. The largest absolute Gasteiger partial charge is 0.376 e. The van der Waals surface area contributed by atoms with Gasteiger partial charge in [-0.3, -0.25) is 0 Å². The number of ether oxygens (including phenoxy) is 1. The van der Waals surface area contributed by atoms with E-state index in [9.17, 15) is 5.26 Å². The van der Waals surface area contributed by atoms with Crippen LogP contribution in [0.5, 0.6) is 0 Å². The van der Waals surface area contributed by atoms with E-state index in [4.69, 9.17) is 4.74 Å². The van der Waals surface area contributed by atoms with Gasteiger partial charge in [0.25, 0.3) is 0 Å². The van der Waals surface area contributed by atoms with Crippen molar-refractivity contribution >= 4 is 5.69 Å². The lowest BCUT2D eigenvalue weighted by Gasteiger charge is -2.29. The van der Waals surface area contributed by atoms with E-state index in [1.54, 1.807) is 0 Å². The zero-order chi connectivity index (χ0) is 14.4. The molecule has 20 heavy (non-hydrogen) atoms. The number of nitriles is 1. The summed E-state index contributed by atoms with van der Waals surface area (Å²) in [7, 11) is 3.94. The Morgan fingerprint density at radius 1 is 1.45 bits per heavy atom. The summed E-state index contributed by atoms with van der Waals surface area (Å²) < 4.78 is 5.77. The fourth-order valence-electron chi connectivity index (χ4n) is 2.67. The second-order valence-electron chi connectivity index (χ2n) is 5.36. The predicted molar refractivity (Wildman–Crippen MR) is 80.8 cm³/mol. The summed E-state index contributed by atoms with van der Waals surface area (Å²) >= 11 is 0. The third-order valence-corrected chi connectivity index (χ3v) is 3.73. The number of anilines is 1. The van der Waals surface area contributed by atoms with Crippen LogP contribution in [0.2, 0.25) is 0 Å². The number of nitrogens with zero attached hydrogens (tertiary/aromatic N) is 2. The lowest BCUT2D eigenvalue weighted by atomic mass is 10.1. The van der Waals surface area contributed by atoms with Crippen LogP contribution in [0, 0.1) is 11.3 Å². The maximum atomic E-state index is 9.34. The van der Waals surface area contributed by atoms with Crippen molar-refractivity contribution in [2.45, 2.75) is 31.9 Å². The highest BCUT2D eigenvalue weighted by Crippen LogP contribution is 2.22. The van der Waals surface area contributed by atoms with Crippen LogP contribution in [0.15, 0.2) is 18.2 Å². The molecule has 1 unspecified atom stereocenters. The predicted octanol–water partition coefficient (Wildman–Crippen LogP) is 2.28. The van der Waals surface area contributed by atoms with Crippen molar-refractivity contribution in [3.63, 3.8) is 0 Å². The molecule has 0 spiro atoms. The minimum atomic E-state index is 0.289. The van der Waals surface area contributed by atoms with Gasteiger partial charge in [0.2, 0.25) is 0 Å². The molecule has 4 heteroatoms. The van der Waals surface area contributed by atoms with Gasteiger partial charge < -0.3 is 15.0 Å². The van der Waals surface area contributed by atoms with Crippen molar-refractivity contribution in [3.05, 3.63) is 29.3 Å². The standard InChI is InChI=1S/C16H23N3O/c1-18-11-13-6-7-16(14(9-13)10-17)19(2)12-15-5-3-4-8-20-15/h6-7,9,15,18H,3-5,8,11-12H2,1-2H3. The third-order valence-electron chi connectivity index (χ3n) is 3.73. The molecule has 108 valence electrons. The summed E-state index contributed by atoms with van der Waals surface area (Å²) in [5.74, 6) is 0. The van der Waals surface area contributed by atoms with Gasteiger partial charge in [0.15, 0.2) is 0 Å². The molecule has 1 N–H and O–H groups in total. The van der Waals surface area contributed by atoms with Gasteiger partial charge >= 0.3 is 0 Å². The number of rotatable bonds is 5. The van der Waals surface area contributed by atoms with E-state index in [-0.39, 0.29) is 6.10 Å². The average molecular weight is 273 g/mol. The van der Waals surface area contributed by atoms with Gasteiger partial charge in [-0.25, -0.2) is 0 Å². The molecule has 4 nitrogen and oxygen atoms in total. The first kappa shape index (κ1) is 14.8. The van der Waals surface area contributed by atoms with Crippen molar-refractivity contribution in [1.29, 1.82) is 5.26 Å². The number of hydrogen-bond acceptors (Lipinski definition) is 4. The maximum Gasteiger partial charge on any atom is 0.101 e. The molecule has 1 aromatic carbocycles. The SMILES string of the molecule is CNCc1ccc(N(C)CC2CCCCO2)c(C#N)c1. The smallest absolute Gasteiger partial charge is 0.101 e. The van der Waals surface area contributed by atoms with E-state index < -0.39 is 0 Å². The van der Waals surface area contributed by atoms with Crippen LogP contribution in [0.3, 0.4) is 0 Å². The molecule has 0 saturated carbocycles. The molecule has 0 amide bonds. The molecule has 1 heterocycles. The van der Waals surface area contributed by atoms with E-state index in [1.807, 2.05) is 26.2 Å². The van der Waals surface area contributed by atoms with Gasteiger partial charge in [-0.1, -0.05) is 6.07 Å². The molecule has 0 bridgehead atoms. The van der Waals surface area contributed by atoms with Gasteiger partial charge in [0.05, 0.1) is 17.4 Å². The highest BCUT2D eigenvalue weighted by molar-refractivity contribution is 5.60. The van der Waals surface area contributed by atoms with Gasteiger partial charge in [-0.05, 0) is 44.0 Å². The monoisotopic (exact) mass is 273 g/mol. The van der Waals surface area contributed by atoms with Gasteiger partial charge in [-0.2, -0.15) is 5.26 Å². The van der Waals surface area contributed by atoms with Crippen molar-refractivity contribution in [2.75, 3.05) is 32.1 Å². The van der Waals surface area contributed by atoms with Gasteiger partial charge in [0, 0.05) is 26.7 Å². The van der Waals surface area contributed by atoms with Crippen LogP contribution >= 0.6 is 0 Å². The van der Waals surface area contributed by atoms with Crippen LogP contribution < -0.4 is 10.2 Å². The van der Waals surface area contributed by atoms with E-state index in [2.05, 4.69) is 22.4 Å². The van der Waals surface area contributed by atoms with Crippen molar-refractivity contribution < 1.29 is 4.74 Å². The molecule has 0 radical (unpaired) electrons. The summed E-state index contributed by atoms with van der Waals surface area (Å²) in [4.78, 5) is 2.14. The Labute approximate surface area is 121 Å². The Hall–Kier alpha value is -1.57. The zero-order valence-electron chi connectivity index (χ0n) is 12.4. The lowest BCUT2D eigenvalue weighted by Crippen LogP contribution is -2.33. The Morgan fingerprint density at radius 2 is 2.30 bits per heavy atom. The van der Waals surface area contributed by atoms with Gasteiger partial charge in [0.1, 0.15) is 6.07 Å². The Bertz CT molecular complexity index is 475. The first-order valence-corrected chi connectivity index (χ1v) is 7.25. The van der Waals surface area contributed by atoms with E-state index >= 15 is 0 Å². The molecule has 1 aromatic rings. The lowest BCUT2D eigenvalue weighted by molar-refractivity contribution is 0.0216. The topological polar surface area (TPSA) is 48.3 Å². The molecule has 0 aromatic heterocycles. The molecule has 2 rings (SSSR count). The van der Waals surface area contributed by atoms with Crippen molar-refractivity contribution in [3.8, 4) is 6.07 Å². The first-order valence-electron chi connectivity index (χ1n) is 7.25. The number of hydrogen-bond donors (Lipinski definition) is 1. The minimum absolute atomic E-state index is 0.289. The Morgan fingerprint density at radius 3 is 2.95 bits per heavy atom. The molecule has 1 aliphatic rings. The average Bonchev–Trinajstić information content (AvgIpc) is 2.48. The Kier molecular flexibility index (Phi) is 5.40. The molecule has 1 saturated heterocycles. The van der Waals surface area contributed by atoms with Crippen molar-refractivity contribution in [1.82, 2.24) is 5.32 Å².